The van der Waals surface area contributed by atoms with Crippen molar-refractivity contribution in [3.63, 3.8) is 0 Å². The fourth-order valence-electron chi connectivity index (χ4n) is 1.94. The van der Waals surface area contributed by atoms with E-state index in [1.807, 2.05) is 13.8 Å². The van der Waals surface area contributed by atoms with E-state index < -0.39 is 4.92 Å². The van der Waals surface area contributed by atoms with E-state index in [-0.39, 0.29) is 11.6 Å². The van der Waals surface area contributed by atoms with E-state index >= 15 is 0 Å². The van der Waals surface area contributed by atoms with Crippen LogP contribution in [0.15, 0.2) is 24.5 Å². The van der Waals surface area contributed by atoms with Crippen LogP contribution in [-0.4, -0.2) is 14.9 Å². The first kappa shape index (κ1) is 15.2. The molecule has 0 amide bonds. The predicted molar refractivity (Wildman–Crippen MR) is 79.0 cm³/mol. The van der Waals surface area contributed by atoms with Gasteiger partial charge in [-0.1, -0.05) is 31.5 Å². The second-order valence-electron chi connectivity index (χ2n) is 4.80. The maximum absolute atomic E-state index is 11.0. The van der Waals surface area contributed by atoms with Crippen molar-refractivity contribution < 1.29 is 9.66 Å². The second-order valence-corrected chi connectivity index (χ2v) is 5.16. The molecule has 1 heterocycles. The molecule has 7 heteroatoms. The highest BCUT2D eigenvalue weighted by Crippen LogP contribution is 2.35. The Kier molecular flexibility index (Phi) is 4.37. The van der Waals surface area contributed by atoms with Gasteiger partial charge in [0.15, 0.2) is 0 Å². The van der Waals surface area contributed by atoms with E-state index in [9.17, 15) is 10.1 Å². The van der Waals surface area contributed by atoms with Crippen molar-refractivity contribution in [2.24, 2.45) is 0 Å². The van der Waals surface area contributed by atoms with Gasteiger partial charge in [-0.25, -0.2) is 9.97 Å². The number of nitro benzene ring substituents is 1. The summed E-state index contributed by atoms with van der Waals surface area (Å²) < 4.78 is 5.73. The summed E-state index contributed by atoms with van der Waals surface area (Å²) in [7, 11) is 0. The molecule has 0 fully saturated rings. The summed E-state index contributed by atoms with van der Waals surface area (Å²) in [6.45, 7) is 5.51. The van der Waals surface area contributed by atoms with Crippen LogP contribution >= 0.6 is 11.6 Å². The molecule has 0 unspecified atom stereocenters. The highest BCUT2D eigenvalue weighted by Gasteiger charge is 2.19. The molecule has 0 N–H and O–H groups in total. The molecule has 0 atom stereocenters. The summed E-state index contributed by atoms with van der Waals surface area (Å²) in [6.07, 6.45) is 1.30. The molecule has 0 aliphatic heterocycles. The number of halogens is 1. The Bertz CT molecular complexity index is 689. The minimum absolute atomic E-state index is 0.00116. The molecule has 21 heavy (non-hydrogen) atoms. The third-order valence-corrected chi connectivity index (χ3v) is 3.34. The van der Waals surface area contributed by atoms with E-state index in [0.29, 0.717) is 27.9 Å². The van der Waals surface area contributed by atoms with Crippen molar-refractivity contribution in [3.05, 3.63) is 50.9 Å². The first-order chi connectivity index (χ1) is 9.91. The number of nitrogens with zero attached hydrogens (tertiary/aromatic N) is 3. The predicted octanol–water partition coefficient (Wildman–Crippen LogP) is 4.26. The zero-order valence-electron chi connectivity index (χ0n) is 11.8. The molecule has 0 spiro atoms. The largest absolute Gasteiger partial charge is 0.438 e. The Balaban J connectivity index is 2.47. The van der Waals surface area contributed by atoms with Crippen molar-refractivity contribution in [2.75, 3.05) is 0 Å². The molecule has 2 rings (SSSR count). The summed E-state index contributed by atoms with van der Waals surface area (Å²) in [5.41, 5.74) is 1.11. The van der Waals surface area contributed by atoms with Gasteiger partial charge < -0.3 is 4.74 Å². The zero-order chi connectivity index (χ0) is 15.6. The van der Waals surface area contributed by atoms with Crippen LogP contribution in [0, 0.1) is 17.0 Å². The number of aromatic nitrogens is 2. The van der Waals surface area contributed by atoms with E-state index in [1.165, 1.54) is 12.4 Å². The molecule has 0 bridgehead atoms. The molecular formula is C14H14ClN3O3. The summed E-state index contributed by atoms with van der Waals surface area (Å²) in [6, 6.07) is 4.65. The van der Waals surface area contributed by atoms with Gasteiger partial charge in [0.05, 0.1) is 16.1 Å². The molecular weight excluding hydrogens is 294 g/mol. The maximum atomic E-state index is 11.0. The van der Waals surface area contributed by atoms with Gasteiger partial charge >= 0.3 is 0 Å². The highest BCUT2D eigenvalue weighted by atomic mass is 35.5. The number of rotatable bonds is 4. The average Bonchev–Trinajstić information content (AvgIpc) is 2.40. The zero-order valence-corrected chi connectivity index (χ0v) is 12.6. The molecule has 0 radical (unpaired) electrons. The molecule has 0 aliphatic carbocycles. The van der Waals surface area contributed by atoms with Crippen molar-refractivity contribution in [1.29, 1.82) is 0 Å². The number of hydrogen-bond donors (Lipinski definition) is 0. The number of benzene rings is 1. The van der Waals surface area contributed by atoms with Gasteiger partial charge in [0, 0.05) is 6.07 Å². The van der Waals surface area contributed by atoms with Crippen molar-refractivity contribution in [1.82, 2.24) is 9.97 Å². The highest BCUT2D eigenvalue weighted by molar-refractivity contribution is 6.30. The minimum Gasteiger partial charge on any atom is -0.438 e. The van der Waals surface area contributed by atoms with E-state index in [1.54, 1.807) is 19.1 Å². The summed E-state index contributed by atoms with van der Waals surface area (Å²) >= 11 is 6.07. The summed E-state index contributed by atoms with van der Waals surface area (Å²) in [5, 5.41) is 11.3. The van der Waals surface area contributed by atoms with Gasteiger partial charge in [-0.2, -0.15) is 0 Å². The smallest absolute Gasteiger partial charge is 0.276 e. The third kappa shape index (κ3) is 3.11. The van der Waals surface area contributed by atoms with Crippen LogP contribution in [0.4, 0.5) is 5.69 Å². The molecule has 110 valence electrons. The van der Waals surface area contributed by atoms with Gasteiger partial charge in [0.25, 0.3) is 5.69 Å². The first-order valence-corrected chi connectivity index (χ1v) is 6.71. The standard InChI is InChI=1S/C14H14ClN3O3/c1-8(2)12-13(15)16-7-17-14(12)21-11-6-4-5-10(9(11)3)18(19)20/h4-8H,1-3H3. The van der Waals surface area contributed by atoms with Crippen LogP contribution in [0.25, 0.3) is 0 Å². The fourth-order valence-corrected chi connectivity index (χ4v) is 2.28. The minimum atomic E-state index is -0.446. The number of ether oxygens (including phenoxy) is 1. The van der Waals surface area contributed by atoms with Crippen LogP contribution in [0.1, 0.15) is 30.9 Å². The molecule has 0 saturated carbocycles. The average molecular weight is 308 g/mol. The molecule has 2 aromatic rings. The lowest BCUT2D eigenvalue weighted by molar-refractivity contribution is -0.385. The van der Waals surface area contributed by atoms with Gasteiger partial charge in [-0.3, -0.25) is 10.1 Å². The SMILES string of the molecule is Cc1c(Oc2ncnc(Cl)c2C(C)C)cccc1[N+](=O)[O-]. The van der Waals surface area contributed by atoms with Crippen molar-refractivity contribution >= 4 is 17.3 Å². The van der Waals surface area contributed by atoms with Crippen LogP contribution in [-0.2, 0) is 0 Å². The van der Waals surface area contributed by atoms with Crippen molar-refractivity contribution in [2.45, 2.75) is 26.7 Å². The normalized spacial score (nSPS) is 10.7. The summed E-state index contributed by atoms with van der Waals surface area (Å²) in [4.78, 5) is 18.5. The third-order valence-electron chi connectivity index (χ3n) is 3.03. The van der Waals surface area contributed by atoms with Gasteiger partial charge in [0.2, 0.25) is 5.88 Å². The molecule has 1 aromatic heterocycles. The molecule has 6 nitrogen and oxygen atoms in total. The number of nitro groups is 1. The van der Waals surface area contributed by atoms with Crippen LogP contribution < -0.4 is 4.74 Å². The maximum Gasteiger partial charge on any atom is 0.276 e. The van der Waals surface area contributed by atoms with Gasteiger partial charge in [0.1, 0.15) is 17.2 Å². The Hall–Kier alpha value is -2.21. The lowest BCUT2D eigenvalue weighted by atomic mass is 10.1. The quantitative estimate of drug-likeness (QED) is 0.479. The van der Waals surface area contributed by atoms with Crippen molar-refractivity contribution in [3.8, 4) is 11.6 Å². The molecule has 0 saturated heterocycles. The Morgan fingerprint density at radius 2 is 2.05 bits per heavy atom. The van der Waals surface area contributed by atoms with E-state index in [4.69, 9.17) is 16.3 Å². The lowest BCUT2D eigenvalue weighted by Crippen LogP contribution is -2.01. The number of hydrogen-bond acceptors (Lipinski definition) is 5. The van der Waals surface area contributed by atoms with E-state index in [0.717, 1.165) is 0 Å². The van der Waals surface area contributed by atoms with Crippen LogP contribution in [0.3, 0.4) is 0 Å². The van der Waals surface area contributed by atoms with Crippen LogP contribution in [0.2, 0.25) is 5.15 Å². The Labute approximate surface area is 126 Å². The lowest BCUT2D eigenvalue weighted by Gasteiger charge is -2.14. The first-order valence-electron chi connectivity index (χ1n) is 6.34. The van der Waals surface area contributed by atoms with E-state index in [2.05, 4.69) is 9.97 Å². The van der Waals surface area contributed by atoms with Crippen LogP contribution in [0.5, 0.6) is 11.6 Å². The molecule has 1 aromatic carbocycles. The Morgan fingerprint density at radius 1 is 1.33 bits per heavy atom. The van der Waals surface area contributed by atoms with Gasteiger partial charge in [-0.15, -0.1) is 0 Å². The fraction of sp³-hybridized carbons (Fsp3) is 0.286. The topological polar surface area (TPSA) is 78.2 Å². The summed E-state index contributed by atoms with van der Waals surface area (Å²) in [5.74, 6) is 0.752. The molecule has 0 aliphatic rings. The van der Waals surface area contributed by atoms with Gasteiger partial charge in [-0.05, 0) is 18.9 Å². The second kappa shape index (κ2) is 6.05. The monoisotopic (exact) mass is 307 g/mol. The Morgan fingerprint density at radius 3 is 2.67 bits per heavy atom.